The van der Waals surface area contributed by atoms with Crippen molar-refractivity contribution in [1.82, 2.24) is 0 Å². The molecule has 54 valence electrons. The maximum absolute atomic E-state index is 3.64. The summed E-state index contributed by atoms with van der Waals surface area (Å²) in [6, 6.07) is 0. The standard InChI is InChI=1S/C8H15Br/c1-7(9)8-5-3-2-4-6-8/h7-8H,2-6H2,1H3. The first kappa shape index (κ1) is 7.59. The molecule has 0 amide bonds. The number of halogens is 1. The molecule has 1 aliphatic carbocycles. The first-order chi connectivity index (χ1) is 4.30. The third-order valence-electron chi connectivity index (χ3n) is 2.30. The fourth-order valence-corrected chi connectivity index (χ4v) is 2.12. The Labute approximate surface area is 66.2 Å². The zero-order valence-corrected chi connectivity index (χ0v) is 7.65. The average molecular weight is 191 g/mol. The molecule has 0 saturated heterocycles. The molecule has 1 saturated carbocycles. The van der Waals surface area contributed by atoms with Gasteiger partial charge in [0.05, 0.1) is 0 Å². The first-order valence-corrected chi connectivity index (χ1v) is 4.86. The summed E-state index contributed by atoms with van der Waals surface area (Å²) in [4.78, 5) is 0.748. The van der Waals surface area contributed by atoms with Gasteiger partial charge in [-0.2, -0.15) is 0 Å². The predicted octanol–water partition coefficient (Wildman–Crippen LogP) is 3.35. The van der Waals surface area contributed by atoms with Crippen LogP contribution >= 0.6 is 15.9 Å². The smallest absolute Gasteiger partial charge is 0.0145 e. The molecule has 0 spiro atoms. The van der Waals surface area contributed by atoms with Crippen molar-refractivity contribution in [3.05, 3.63) is 0 Å². The summed E-state index contributed by atoms with van der Waals surface area (Å²) in [5, 5.41) is 0. The van der Waals surface area contributed by atoms with Crippen molar-refractivity contribution < 1.29 is 0 Å². The van der Waals surface area contributed by atoms with Gasteiger partial charge in [0.2, 0.25) is 0 Å². The van der Waals surface area contributed by atoms with Gasteiger partial charge in [-0.05, 0) is 18.8 Å². The van der Waals surface area contributed by atoms with E-state index in [1.54, 1.807) is 0 Å². The van der Waals surface area contributed by atoms with E-state index in [9.17, 15) is 0 Å². The second kappa shape index (κ2) is 3.60. The highest BCUT2D eigenvalue weighted by atomic mass is 79.9. The van der Waals surface area contributed by atoms with Crippen molar-refractivity contribution in [2.24, 2.45) is 5.92 Å². The molecule has 0 aromatic rings. The largest absolute Gasteiger partial charge is 0.0891 e. The molecule has 0 aromatic heterocycles. The average Bonchev–Trinajstić information content (AvgIpc) is 1.90. The van der Waals surface area contributed by atoms with E-state index < -0.39 is 0 Å². The van der Waals surface area contributed by atoms with E-state index >= 15 is 0 Å². The van der Waals surface area contributed by atoms with Gasteiger partial charge >= 0.3 is 0 Å². The lowest BCUT2D eigenvalue weighted by molar-refractivity contribution is 0.360. The van der Waals surface area contributed by atoms with Crippen molar-refractivity contribution in [1.29, 1.82) is 0 Å². The summed E-state index contributed by atoms with van der Waals surface area (Å²) in [5.74, 6) is 0.971. The molecule has 1 fully saturated rings. The highest BCUT2D eigenvalue weighted by Gasteiger charge is 2.16. The zero-order valence-electron chi connectivity index (χ0n) is 6.07. The highest BCUT2D eigenvalue weighted by molar-refractivity contribution is 9.09. The first-order valence-electron chi connectivity index (χ1n) is 3.95. The molecule has 0 aromatic carbocycles. The third-order valence-corrected chi connectivity index (χ3v) is 3.05. The summed E-state index contributed by atoms with van der Waals surface area (Å²) in [6.45, 7) is 2.27. The Kier molecular flexibility index (Phi) is 3.03. The van der Waals surface area contributed by atoms with Gasteiger partial charge in [-0.3, -0.25) is 0 Å². The van der Waals surface area contributed by atoms with Crippen LogP contribution in [0.15, 0.2) is 0 Å². The van der Waals surface area contributed by atoms with E-state index in [0.717, 1.165) is 10.7 Å². The highest BCUT2D eigenvalue weighted by Crippen LogP contribution is 2.29. The molecule has 1 unspecified atom stereocenters. The minimum absolute atomic E-state index is 0.748. The van der Waals surface area contributed by atoms with E-state index in [4.69, 9.17) is 0 Å². The van der Waals surface area contributed by atoms with Crippen molar-refractivity contribution in [2.75, 3.05) is 0 Å². The van der Waals surface area contributed by atoms with Gasteiger partial charge in [0, 0.05) is 4.83 Å². The fourth-order valence-electron chi connectivity index (χ4n) is 1.59. The van der Waals surface area contributed by atoms with Gasteiger partial charge in [0.1, 0.15) is 0 Å². The molecule has 0 heterocycles. The van der Waals surface area contributed by atoms with E-state index in [1.807, 2.05) is 0 Å². The molecule has 0 radical (unpaired) electrons. The third kappa shape index (κ3) is 2.29. The summed E-state index contributed by atoms with van der Waals surface area (Å²) in [6.07, 6.45) is 7.29. The molecule has 1 rings (SSSR count). The maximum atomic E-state index is 3.64. The topological polar surface area (TPSA) is 0 Å². The number of hydrogen-bond acceptors (Lipinski definition) is 0. The zero-order chi connectivity index (χ0) is 6.69. The van der Waals surface area contributed by atoms with Crippen LogP contribution < -0.4 is 0 Å². The SMILES string of the molecule is CC(Br)C1CCCCC1. The Morgan fingerprint density at radius 3 is 2.11 bits per heavy atom. The van der Waals surface area contributed by atoms with Gasteiger partial charge < -0.3 is 0 Å². The normalized spacial score (nSPS) is 26.0. The summed E-state index contributed by atoms with van der Waals surface area (Å²) >= 11 is 3.64. The van der Waals surface area contributed by atoms with E-state index in [-0.39, 0.29) is 0 Å². The van der Waals surface area contributed by atoms with Gasteiger partial charge in [0.25, 0.3) is 0 Å². The molecule has 1 atom stereocenters. The molecule has 0 aliphatic heterocycles. The Morgan fingerprint density at radius 2 is 1.78 bits per heavy atom. The second-order valence-corrected chi connectivity index (χ2v) is 4.52. The van der Waals surface area contributed by atoms with Gasteiger partial charge in [-0.25, -0.2) is 0 Å². The van der Waals surface area contributed by atoms with E-state index in [0.29, 0.717) is 0 Å². The predicted molar refractivity (Wildman–Crippen MR) is 45.0 cm³/mol. The van der Waals surface area contributed by atoms with E-state index in [2.05, 4.69) is 22.9 Å². The quantitative estimate of drug-likeness (QED) is 0.557. The summed E-state index contributed by atoms with van der Waals surface area (Å²) in [5.41, 5.74) is 0. The molecule has 0 nitrogen and oxygen atoms in total. The van der Waals surface area contributed by atoms with Crippen LogP contribution in [0.4, 0.5) is 0 Å². The monoisotopic (exact) mass is 190 g/mol. The van der Waals surface area contributed by atoms with Gasteiger partial charge in [-0.15, -0.1) is 0 Å². The van der Waals surface area contributed by atoms with Crippen molar-refractivity contribution >= 4 is 15.9 Å². The van der Waals surface area contributed by atoms with E-state index in [1.165, 1.54) is 32.1 Å². The minimum Gasteiger partial charge on any atom is -0.0891 e. The Hall–Kier alpha value is 0.480. The summed E-state index contributed by atoms with van der Waals surface area (Å²) < 4.78 is 0. The number of rotatable bonds is 1. The Balaban J connectivity index is 2.23. The Bertz CT molecular complexity index is 72.6. The number of alkyl halides is 1. The summed E-state index contributed by atoms with van der Waals surface area (Å²) in [7, 11) is 0. The molecule has 9 heavy (non-hydrogen) atoms. The van der Waals surface area contributed by atoms with Crippen LogP contribution in [0.3, 0.4) is 0 Å². The fraction of sp³-hybridized carbons (Fsp3) is 1.00. The molecule has 0 bridgehead atoms. The van der Waals surface area contributed by atoms with Crippen LogP contribution in [-0.2, 0) is 0 Å². The van der Waals surface area contributed by atoms with Crippen LogP contribution in [0.5, 0.6) is 0 Å². The van der Waals surface area contributed by atoms with Crippen molar-refractivity contribution in [2.45, 2.75) is 43.9 Å². The van der Waals surface area contributed by atoms with Crippen LogP contribution in [0, 0.1) is 5.92 Å². The van der Waals surface area contributed by atoms with Crippen LogP contribution in [0.1, 0.15) is 39.0 Å². The van der Waals surface area contributed by atoms with Crippen LogP contribution in [0.25, 0.3) is 0 Å². The molecule has 1 aliphatic rings. The number of hydrogen-bond donors (Lipinski definition) is 0. The molecule has 0 N–H and O–H groups in total. The Morgan fingerprint density at radius 1 is 1.22 bits per heavy atom. The maximum Gasteiger partial charge on any atom is 0.0145 e. The van der Waals surface area contributed by atoms with Gasteiger partial charge in [-0.1, -0.05) is 42.1 Å². The van der Waals surface area contributed by atoms with Crippen LogP contribution in [-0.4, -0.2) is 4.83 Å². The lowest BCUT2D eigenvalue weighted by Crippen LogP contribution is -2.14. The van der Waals surface area contributed by atoms with Crippen molar-refractivity contribution in [3.63, 3.8) is 0 Å². The van der Waals surface area contributed by atoms with Gasteiger partial charge in [0.15, 0.2) is 0 Å². The molecule has 1 heteroatoms. The second-order valence-electron chi connectivity index (χ2n) is 3.08. The van der Waals surface area contributed by atoms with Crippen molar-refractivity contribution in [3.8, 4) is 0 Å². The minimum atomic E-state index is 0.748. The lowest BCUT2D eigenvalue weighted by Gasteiger charge is -2.23. The lowest BCUT2D eigenvalue weighted by atomic mass is 9.88. The van der Waals surface area contributed by atoms with Crippen LogP contribution in [0.2, 0.25) is 0 Å². The molecular weight excluding hydrogens is 176 g/mol. The molecular formula is C8H15Br.